The first kappa shape index (κ1) is 12.4. The fourth-order valence-electron chi connectivity index (χ4n) is 1.34. The summed E-state index contributed by atoms with van der Waals surface area (Å²) < 4.78 is 24.5. The molecule has 5 nitrogen and oxygen atoms in total. The van der Waals surface area contributed by atoms with Gasteiger partial charge in [-0.2, -0.15) is 0 Å². The molecular weight excluding hydrogens is 218 g/mol. The van der Waals surface area contributed by atoms with Crippen LogP contribution in [0.3, 0.4) is 0 Å². The Labute approximate surface area is 92.1 Å². The first-order chi connectivity index (χ1) is 6.79. The van der Waals surface area contributed by atoms with Crippen molar-refractivity contribution in [2.75, 3.05) is 12.3 Å². The van der Waals surface area contributed by atoms with Gasteiger partial charge in [0.25, 0.3) is 0 Å². The van der Waals surface area contributed by atoms with Gasteiger partial charge in [-0.1, -0.05) is 0 Å². The van der Waals surface area contributed by atoms with Crippen LogP contribution in [0, 0.1) is 0 Å². The Balaban J connectivity index is 2.44. The minimum Gasteiger partial charge on any atom is -0.444 e. The third kappa shape index (κ3) is 3.79. The van der Waals surface area contributed by atoms with Gasteiger partial charge in [-0.3, -0.25) is 0 Å². The van der Waals surface area contributed by atoms with E-state index in [1.54, 1.807) is 20.8 Å². The number of carbonyl (C=O) groups is 1. The number of carbonyl (C=O) groups excluding carboxylic acids is 1. The van der Waals surface area contributed by atoms with E-state index in [9.17, 15) is 9.00 Å². The van der Waals surface area contributed by atoms with Crippen molar-refractivity contribution in [3.63, 3.8) is 0 Å². The number of hydrogen-bond acceptors (Lipinski definition) is 3. The number of amides is 1. The van der Waals surface area contributed by atoms with Crippen molar-refractivity contribution in [3.05, 3.63) is 0 Å². The van der Waals surface area contributed by atoms with Gasteiger partial charge in [-0.15, -0.1) is 0 Å². The highest BCUT2D eigenvalue weighted by Gasteiger charge is 2.35. The fourth-order valence-corrected chi connectivity index (χ4v) is 2.02. The maximum atomic E-state index is 11.6. The first-order valence-corrected chi connectivity index (χ1v) is 6.14. The van der Waals surface area contributed by atoms with Crippen molar-refractivity contribution in [2.24, 2.45) is 0 Å². The molecule has 6 heteroatoms. The maximum Gasteiger partial charge on any atom is 0.410 e. The Morgan fingerprint density at radius 1 is 1.60 bits per heavy atom. The molecule has 2 atom stereocenters. The molecule has 1 aliphatic heterocycles. The van der Waals surface area contributed by atoms with E-state index in [2.05, 4.69) is 0 Å². The molecule has 0 radical (unpaired) electrons. The standard InChI is InChI=1S/C9H17NO4S/c1-9(2,3)14-8(11)10-5-4-7(10)6-15(12)13/h7H,4-6H2,1-3H3,(H,12,13). The number of hydrogen-bond donors (Lipinski definition) is 1. The summed E-state index contributed by atoms with van der Waals surface area (Å²) in [4.78, 5) is 13.1. The summed E-state index contributed by atoms with van der Waals surface area (Å²) in [6, 6.07) is -0.148. The van der Waals surface area contributed by atoms with Gasteiger partial charge in [0.15, 0.2) is 11.1 Å². The molecule has 1 fully saturated rings. The van der Waals surface area contributed by atoms with Gasteiger partial charge in [-0.05, 0) is 27.2 Å². The lowest BCUT2D eigenvalue weighted by Gasteiger charge is -2.40. The fraction of sp³-hybridized carbons (Fsp3) is 0.889. The number of rotatable bonds is 2. The average molecular weight is 235 g/mol. The summed E-state index contributed by atoms with van der Waals surface area (Å²) >= 11 is -1.85. The molecule has 15 heavy (non-hydrogen) atoms. The Morgan fingerprint density at radius 3 is 2.53 bits per heavy atom. The van der Waals surface area contributed by atoms with E-state index in [1.165, 1.54) is 4.90 Å². The molecule has 1 aliphatic rings. The predicted molar refractivity (Wildman–Crippen MR) is 57.0 cm³/mol. The average Bonchev–Trinajstić information content (AvgIpc) is 1.93. The number of ether oxygens (including phenoxy) is 1. The molecule has 0 aromatic carbocycles. The molecule has 1 heterocycles. The molecule has 0 spiro atoms. The van der Waals surface area contributed by atoms with E-state index < -0.39 is 22.8 Å². The van der Waals surface area contributed by atoms with Crippen molar-refractivity contribution in [1.29, 1.82) is 0 Å². The molecule has 0 aromatic rings. The second-order valence-electron chi connectivity index (χ2n) is 4.60. The molecular formula is C9H17NO4S. The molecule has 2 unspecified atom stereocenters. The van der Waals surface area contributed by atoms with Crippen molar-refractivity contribution >= 4 is 17.2 Å². The minimum atomic E-state index is -1.85. The molecule has 0 aliphatic carbocycles. The van der Waals surface area contributed by atoms with Crippen LogP contribution >= 0.6 is 0 Å². The smallest absolute Gasteiger partial charge is 0.410 e. The molecule has 1 amide bonds. The monoisotopic (exact) mass is 235 g/mol. The van der Waals surface area contributed by atoms with E-state index in [0.717, 1.165) is 6.42 Å². The van der Waals surface area contributed by atoms with E-state index in [-0.39, 0.29) is 11.8 Å². The Hall–Kier alpha value is -0.620. The minimum absolute atomic E-state index is 0.110. The van der Waals surface area contributed by atoms with E-state index >= 15 is 0 Å². The highest BCUT2D eigenvalue weighted by molar-refractivity contribution is 7.79. The van der Waals surface area contributed by atoms with Gasteiger partial charge in [0.05, 0.1) is 11.8 Å². The number of nitrogens with zero attached hydrogens (tertiary/aromatic N) is 1. The van der Waals surface area contributed by atoms with E-state index in [4.69, 9.17) is 9.29 Å². The molecule has 1 N–H and O–H groups in total. The molecule has 1 rings (SSSR count). The van der Waals surface area contributed by atoms with Gasteiger partial charge < -0.3 is 14.2 Å². The Bertz CT molecular complexity index is 274. The predicted octanol–water partition coefficient (Wildman–Crippen LogP) is 1.22. The lowest BCUT2D eigenvalue weighted by molar-refractivity contribution is -0.00117. The van der Waals surface area contributed by atoms with Crippen LogP contribution in [0.5, 0.6) is 0 Å². The summed E-state index contributed by atoms with van der Waals surface area (Å²) in [5, 5.41) is 0. The van der Waals surface area contributed by atoms with Crippen LogP contribution in [0.25, 0.3) is 0 Å². The van der Waals surface area contributed by atoms with Crippen LogP contribution in [0.15, 0.2) is 0 Å². The van der Waals surface area contributed by atoms with Crippen molar-refractivity contribution in [1.82, 2.24) is 4.90 Å². The van der Waals surface area contributed by atoms with Crippen LogP contribution in [0.1, 0.15) is 27.2 Å². The van der Waals surface area contributed by atoms with Crippen molar-refractivity contribution in [3.8, 4) is 0 Å². The SMILES string of the molecule is CC(C)(C)OC(=O)N1CCC1CS(=O)O. The summed E-state index contributed by atoms with van der Waals surface area (Å²) in [6.07, 6.45) is 0.370. The first-order valence-electron chi connectivity index (χ1n) is 4.86. The van der Waals surface area contributed by atoms with Gasteiger partial charge >= 0.3 is 6.09 Å². The lowest BCUT2D eigenvalue weighted by Crippen LogP contribution is -2.54. The van der Waals surface area contributed by atoms with Crippen LogP contribution in [-0.4, -0.2) is 43.7 Å². The lowest BCUT2D eigenvalue weighted by atomic mass is 10.1. The molecule has 0 aromatic heterocycles. The Kier molecular flexibility index (Phi) is 3.72. The third-order valence-corrected chi connectivity index (χ3v) is 2.78. The zero-order valence-corrected chi connectivity index (χ0v) is 10.0. The molecule has 88 valence electrons. The largest absolute Gasteiger partial charge is 0.444 e. The van der Waals surface area contributed by atoms with Crippen molar-refractivity contribution < 1.29 is 18.3 Å². The van der Waals surface area contributed by atoms with Crippen LogP contribution in [0.4, 0.5) is 4.79 Å². The van der Waals surface area contributed by atoms with E-state index in [0.29, 0.717) is 6.54 Å². The summed E-state index contributed by atoms with van der Waals surface area (Å²) in [7, 11) is 0. The molecule has 0 saturated carbocycles. The molecule has 1 saturated heterocycles. The van der Waals surface area contributed by atoms with Gasteiger partial charge in [-0.25, -0.2) is 9.00 Å². The van der Waals surface area contributed by atoms with E-state index in [1.807, 2.05) is 0 Å². The van der Waals surface area contributed by atoms with Gasteiger partial charge in [0.1, 0.15) is 5.60 Å². The Morgan fingerprint density at radius 2 is 2.20 bits per heavy atom. The third-order valence-electron chi connectivity index (χ3n) is 2.11. The second-order valence-corrected chi connectivity index (χ2v) is 5.58. The normalized spacial score (nSPS) is 23.2. The summed E-state index contributed by atoms with van der Waals surface area (Å²) in [6.45, 7) is 5.99. The summed E-state index contributed by atoms with van der Waals surface area (Å²) in [5.74, 6) is 0.110. The number of likely N-dealkylation sites (tertiary alicyclic amines) is 1. The topological polar surface area (TPSA) is 66.8 Å². The van der Waals surface area contributed by atoms with Crippen LogP contribution in [-0.2, 0) is 15.8 Å². The zero-order chi connectivity index (χ0) is 11.6. The van der Waals surface area contributed by atoms with Gasteiger partial charge in [0.2, 0.25) is 0 Å². The zero-order valence-electron chi connectivity index (χ0n) is 9.23. The van der Waals surface area contributed by atoms with Crippen LogP contribution < -0.4 is 0 Å². The molecule has 0 bridgehead atoms. The highest BCUT2D eigenvalue weighted by Crippen LogP contribution is 2.21. The van der Waals surface area contributed by atoms with Crippen LogP contribution in [0.2, 0.25) is 0 Å². The van der Waals surface area contributed by atoms with Crippen molar-refractivity contribution in [2.45, 2.75) is 38.8 Å². The summed E-state index contributed by atoms with van der Waals surface area (Å²) in [5.41, 5.74) is -0.518. The quantitative estimate of drug-likeness (QED) is 0.731. The van der Waals surface area contributed by atoms with Gasteiger partial charge in [0, 0.05) is 6.54 Å². The second kappa shape index (κ2) is 4.49. The maximum absolute atomic E-state index is 11.6. The highest BCUT2D eigenvalue weighted by atomic mass is 32.2.